The average molecular weight is 584 g/mol. The van der Waals surface area contributed by atoms with E-state index >= 15 is 0 Å². The van der Waals surface area contributed by atoms with Crippen LogP contribution in [0, 0.1) is 3.57 Å². The summed E-state index contributed by atoms with van der Waals surface area (Å²) in [6.07, 6.45) is 0.624. The van der Waals surface area contributed by atoms with Crippen LogP contribution in [0.25, 0.3) is 10.9 Å². The van der Waals surface area contributed by atoms with Gasteiger partial charge < -0.3 is 9.84 Å². The molecule has 9 heteroatoms. The van der Waals surface area contributed by atoms with Gasteiger partial charge in [0.15, 0.2) is 6.10 Å². The maximum absolute atomic E-state index is 13.0. The number of aromatic nitrogens is 2. The van der Waals surface area contributed by atoms with Crippen LogP contribution in [0.3, 0.4) is 0 Å². The van der Waals surface area contributed by atoms with E-state index in [0.717, 1.165) is 13.6 Å². The highest BCUT2D eigenvalue weighted by Crippen LogP contribution is 2.23. The van der Waals surface area contributed by atoms with E-state index in [1.807, 2.05) is 19.9 Å². The number of rotatable bonds is 6. The van der Waals surface area contributed by atoms with Crippen LogP contribution in [-0.4, -0.2) is 33.1 Å². The lowest BCUT2D eigenvalue weighted by Crippen LogP contribution is -2.23. The molecule has 0 amide bonds. The Bertz CT molecular complexity index is 1210. The average Bonchev–Trinajstić information content (AvgIpc) is 2.69. The van der Waals surface area contributed by atoms with Crippen LogP contribution in [0.1, 0.15) is 38.1 Å². The molecule has 0 saturated heterocycles. The molecule has 0 aliphatic carbocycles. The summed E-state index contributed by atoms with van der Waals surface area (Å²) < 4.78 is 8.29. The predicted octanol–water partition coefficient (Wildman–Crippen LogP) is 4.62. The third-order valence-corrected chi connectivity index (χ3v) is 5.62. The Morgan fingerprint density at radius 2 is 2.00 bits per heavy atom. The number of carboxylic acids is 1. The van der Waals surface area contributed by atoms with Crippen molar-refractivity contribution in [2.24, 2.45) is 5.10 Å². The Labute approximate surface area is 195 Å². The third-order valence-electron chi connectivity index (χ3n) is 4.28. The molecule has 156 valence electrons. The summed E-state index contributed by atoms with van der Waals surface area (Å²) in [6, 6.07) is 10.6. The molecule has 1 aromatic heterocycles. The van der Waals surface area contributed by atoms with Crippen LogP contribution in [0.2, 0.25) is 0 Å². The first-order valence-electron chi connectivity index (χ1n) is 9.13. The standard InChI is InChI=1S/C21H19BrIN3O4/c1-11(2)19-25-17-6-5-14(22)9-15(17)20(27)26(19)24-10-13-4-7-18(16(23)8-13)30-12(3)21(28)29/h4-12H,1-3H3,(H,28,29)/t12-/m0/s1. The smallest absolute Gasteiger partial charge is 0.344 e. The van der Waals surface area contributed by atoms with Crippen molar-refractivity contribution in [2.75, 3.05) is 0 Å². The molecular weight excluding hydrogens is 565 g/mol. The minimum absolute atomic E-state index is 0.00341. The van der Waals surface area contributed by atoms with Crippen LogP contribution in [-0.2, 0) is 4.79 Å². The number of ether oxygens (including phenoxy) is 1. The van der Waals surface area contributed by atoms with E-state index in [4.69, 9.17) is 9.84 Å². The number of hydrogen-bond acceptors (Lipinski definition) is 5. The first-order chi connectivity index (χ1) is 14.2. The largest absolute Gasteiger partial charge is 0.479 e. The SMILES string of the molecule is CC(C)c1nc2ccc(Br)cc2c(=O)n1N=Cc1ccc(O[C@@H](C)C(=O)O)c(I)c1. The number of fused-ring (bicyclic) bond motifs is 1. The molecular formula is C21H19BrIN3O4. The second-order valence-corrected chi connectivity index (χ2v) is 9.01. The number of hydrogen-bond donors (Lipinski definition) is 1. The molecule has 0 bridgehead atoms. The number of nitrogens with zero attached hydrogens (tertiary/aromatic N) is 3. The molecule has 3 aromatic rings. The first-order valence-corrected chi connectivity index (χ1v) is 11.0. The number of carbonyl (C=O) groups is 1. The zero-order chi connectivity index (χ0) is 22.0. The van der Waals surface area contributed by atoms with Crippen molar-refractivity contribution in [1.29, 1.82) is 0 Å². The lowest BCUT2D eigenvalue weighted by Gasteiger charge is -2.13. The Balaban J connectivity index is 2.00. The van der Waals surface area contributed by atoms with Crippen molar-refractivity contribution in [3.63, 3.8) is 0 Å². The van der Waals surface area contributed by atoms with Gasteiger partial charge >= 0.3 is 5.97 Å². The van der Waals surface area contributed by atoms with Crippen LogP contribution in [0.15, 0.2) is 50.8 Å². The molecule has 0 radical (unpaired) electrons. The lowest BCUT2D eigenvalue weighted by molar-refractivity contribution is -0.144. The Kier molecular flexibility index (Phi) is 6.91. The summed E-state index contributed by atoms with van der Waals surface area (Å²) in [5.41, 5.74) is 1.12. The fraction of sp³-hybridized carbons (Fsp3) is 0.238. The quantitative estimate of drug-likeness (QED) is 0.337. The maximum atomic E-state index is 13.0. The van der Waals surface area contributed by atoms with E-state index in [-0.39, 0.29) is 11.5 Å². The molecule has 30 heavy (non-hydrogen) atoms. The molecule has 0 unspecified atom stereocenters. The molecule has 0 aliphatic heterocycles. The van der Waals surface area contributed by atoms with Crippen LogP contribution >= 0.6 is 38.5 Å². The summed E-state index contributed by atoms with van der Waals surface area (Å²) in [7, 11) is 0. The van der Waals surface area contributed by atoms with E-state index in [0.29, 0.717) is 22.5 Å². The highest BCUT2D eigenvalue weighted by Gasteiger charge is 2.15. The van der Waals surface area contributed by atoms with Gasteiger partial charge in [-0.3, -0.25) is 4.79 Å². The van der Waals surface area contributed by atoms with Gasteiger partial charge in [-0.05, 0) is 71.5 Å². The highest BCUT2D eigenvalue weighted by molar-refractivity contribution is 14.1. The second-order valence-electron chi connectivity index (χ2n) is 6.94. The van der Waals surface area contributed by atoms with Crippen molar-refractivity contribution >= 4 is 61.6 Å². The van der Waals surface area contributed by atoms with E-state index in [1.54, 1.807) is 36.5 Å². The van der Waals surface area contributed by atoms with E-state index in [1.165, 1.54) is 11.6 Å². The molecule has 3 rings (SSSR count). The predicted molar refractivity (Wildman–Crippen MR) is 128 cm³/mol. The first kappa shape index (κ1) is 22.4. The van der Waals surface area contributed by atoms with E-state index < -0.39 is 12.1 Å². The summed E-state index contributed by atoms with van der Waals surface area (Å²) in [5, 5.41) is 13.9. The Hall–Kier alpha value is -2.27. The van der Waals surface area contributed by atoms with Gasteiger partial charge in [0.1, 0.15) is 11.6 Å². The highest BCUT2D eigenvalue weighted by atomic mass is 127. The van der Waals surface area contributed by atoms with E-state index in [9.17, 15) is 9.59 Å². The minimum atomic E-state index is -1.03. The molecule has 1 atom stereocenters. The second kappa shape index (κ2) is 9.25. The van der Waals surface area contributed by atoms with Gasteiger partial charge in [-0.15, -0.1) is 0 Å². The van der Waals surface area contributed by atoms with Crippen molar-refractivity contribution in [3.05, 3.63) is 66.2 Å². The zero-order valence-corrected chi connectivity index (χ0v) is 20.2. The van der Waals surface area contributed by atoms with Crippen LogP contribution < -0.4 is 10.3 Å². The fourth-order valence-electron chi connectivity index (χ4n) is 2.71. The molecule has 1 heterocycles. The van der Waals surface area contributed by atoms with Gasteiger partial charge in [0, 0.05) is 10.4 Å². The van der Waals surface area contributed by atoms with Gasteiger partial charge in [-0.1, -0.05) is 29.8 Å². The summed E-state index contributed by atoms with van der Waals surface area (Å²) in [4.78, 5) is 28.7. The van der Waals surface area contributed by atoms with Crippen LogP contribution in [0.5, 0.6) is 5.75 Å². The van der Waals surface area contributed by atoms with Crippen LogP contribution in [0.4, 0.5) is 0 Å². The lowest BCUT2D eigenvalue weighted by atomic mass is 10.2. The number of aliphatic carboxylic acids is 1. The van der Waals surface area contributed by atoms with Gasteiger partial charge in [0.25, 0.3) is 5.56 Å². The Morgan fingerprint density at radius 3 is 2.63 bits per heavy atom. The normalized spacial score (nSPS) is 12.6. The monoisotopic (exact) mass is 583 g/mol. The molecule has 2 aromatic carbocycles. The topological polar surface area (TPSA) is 93.8 Å². The van der Waals surface area contributed by atoms with Crippen molar-refractivity contribution in [3.8, 4) is 5.75 Å². The third kappa shape index (κ3) is 4.89. The number of benzene rings is 2. The Morgan fingerprint density at radius 1 is 1.27 bits per heavy atom. The van der Waals surface area contributed by atoms with Gasteiger partial charge in [0.05, 0.1) is 20.7 Å². The molecule has 0 fully saturated rings. The summed E-state index contributed by atoms with van der Waals surface area (Å²) >= 11 is 5.46. The van der Waals surface area contributed by atoms with Gasteiger partial charge in [-0.25, -0.2) is 9.78 Å². The summed E-state index contributed by atoms with van der Waals surface area (Å²) in [6.45, 7) is 5.38. The van der Waals surface area contributed by atoms with E-state index in [2.05, 4.69) is 48.6 Å². The number of halogens is 2. The maximum Gasteiger partial charge on any atom is 0.344 e. The molecule has 0 saturated carbocycles. The molecule has 0 aliphatic rings. The van der Waals surface area contributed by atoms with Crippen molar-refractivity contribution in [1.82, 2.24) is 9.66 Å². The van der Waals surface area contributed by atoms with Crippen molar-refractivity contribution in [2.45, 2.75) is 32.8 Å². The van der Waals surface area contributed by atoms with Crippen molar-refractivity contribution < 1.29 is 14.6 Å². The summed E-state index contributed by atoms with van der Waals surface area (Å²) in [5.74, 6) is -0.000278. The molecule has 7 nitrogen and oxygen atoms in total. The minimum Gasteiger partial charge on any atom is -0.479 e. The van der Waals surface area contributed by atoms with Gasteiger partial charge in [0.2, 0.25) is 0 Å². The van der Waals surface area contributed by atoms with Gasteiger partial charge in [-0.2, -0.15) is 9.78 Å². The number of carboxylic acid groups (broad SMARTS) is 1. The zero-order valence-electron chi connectivity index (χ0n) is 16.5. The molecule has 0 spiro atoms. The fourth-order valence-corrected chi connectivity index (χ4v) is 3.74. The molecule has 1 N–H and O–H groups in total.